The molecule has 0 N–H and O–H groups in total. The van der Waals surface area contributed by atoms with Crippen molar-refractivity contribution in [3.8, 4) is 0 Å². The fourth-order valence-electron chi connectivity index (χ4n) is 1.82. The minimum Gasteiger partial charge on any atom is -0.555 e. The first-order chi connectivity index (χ1) is 6.57. The molecule has 2 nitrogen and oxygen atoms in total. The van der Waals surface area contributed by atoms with Crippen LogP contribution in [-0.2, 0) is 0 Å². The van der Waals surface area contributed by atoms with Gasteiger partial charge in [0.1, 0.15) is 8.80 Å². The van der Waals surface area contributed by atoms with E-state index in [2.05, 4.69) is 6.92 Å². The predicted octanol–water partition coefficient (Wildman–Crippen LogP) is -1.31. The molecule has 1 heterocycles. The predicted molar refractivity (Wildman–Crippen MR) is 58.5 cm³/mol. The van der Waals surface area contributed by atoms with Crippen LogP contribution in [0.2, 0.25) is 0 Å². The maximum Gasteiger partial charge on any atom is 1.00 e. The van der Waals surface area contributed by atoms with Crippen molar-refractivity contribution in [2.75, 3.05) is 0 Å². The van der Waals surface area contributed by atoms with Gasteiger partial charge in [-0.1, -0.05) is 35.4 Å². The van der Waals surface area contributed by atoms with Crippen LogP contribution >= 0.6 is 0 Å². The van der Waals surface area contributed by atoms with Crippen molar-refractivity contribution in [1.29, 1.82) is 0 Å². The van der Waals surface area contributed by atoms with E-state index < -0.39 is 14.4 Å². The van der Waals surface area contributed by atoms with Crippen molar-refractivity contribution >= 4 is 14.4 Å². The number of hydrogen-bond donors (Lipinski definition) is 0. The molecular formula is C11H17KO2Si. The van der Waals surface area contributed by atoms with Crippen LogP contribution in [0.1, 0.15) is 40.0 Å². The van der Waals surface area contributed by atoms with E-state index in [0.717, 1.165) is 24.5 Å². The molecule has 0 saturated heterocycles. The molecule has 1 unspecified atom stereocenters. The maximum absolute atomic E-state index is 10.8. The molecule has 0 aromatic heterocycles. The largest absolute Gasteiger partial charge is 1.00 e. The molecule has 78 valence electrons. The van der Waals surface area contributed by atoms with Gasteiger partial charge >= 0.3 is 51.4 Å². The third kappa shape index (κ3) is 3.94. The first-order valence-corrected chi connectivity index (χ1v) is 6.99. The average Bonchev–Trinajstić information content (AvgIpc) is 2.42. The summed E-state index contributed by atoms with van der Waals surface area (Å²) < 4.78 is 0. The van der Waals surface area contributed by atoms with Gasteiger partial charge in [0.05, 0.1) is 0 Å². The van der Waals surface area contributed by atoms with Gasteiger partial charge in [0, 0.05) is 5.59 Å². The molecule has 0 bridgehead atoms. The van der Waals surface area contributed by atoms with Crippen molar-refractivity contribution in [2.45, 2.75) is 40.0 Å². The molecule has 1 rings (SSSR count). The Kier molecular flexibility index (Phi) is 7.58. The van der Waals surface area contributed by atoms with Gasteiger partial charge in [0.2, 0.25) is 0 Å². The summed E-state index contributed by atoms with van der Waals surface area (Å²) >= 11 is 0. The van der Waals surface area contributed by atoms with Crippen molar-refractivity contribution in [2.24, 2.45) is 0 Å². The average molecular weight is 248 g/mol. The first-order valence-electron chi connectivity index (χ1n) is 5.17. The minimum atomic E-state index is -1.88. The molecule has 0 spiro atoms. The third-order valence-corrected chi connectivity index (χ3v) is 5.57. The summed E-state index contributed by atoms with van der Waals surface area (Å²) in [6, 6.07) is 0. The van der Waals surface area contributed by atoms with Crippen LogP contribution in [0.25, 0.3) is 0 Å². The van der Waals surface area contributed by atoms with Crippen molar-refractivity contribution in [3.63, 3.8) is 0 Å². The summed E-state index contributed by atoms with van der Waals surface area (Å²) in [7, 11) is -1.88. The summed E-state index contributed by atoms with van der Waals surface area (Å²) in [5.74, 6) is 0. The number of carbonyl (C=O) groups excluding carboxylic acids is 1. The number of allylic oxidation sites excluding steroid dienone is 3. The fraction of sp³-hybridized carbons (Fsp3) is 0.545. The SMILES string of the molecule is CCCCC1=C[SiH](C(=O)[O-])C(C)=C1C.[K+]. The Morgan fingerprint density at radius 1 is 1.47 bits per heavy atom. The molecule has 4 heteroatoms. The number of carbonyl (C=O) groups is 1. The summed E-state index contributed by atoms with van der Waals surface area (Å²) in [6.07, 6.45) is 3.32. The van der Waals surface area contributed by atoms with Gasteiger partial charge in [0.25, 0.3) is 0 Å². The number of rotatable bonds is 4. The standard InChI is InChI=1S/C11H18O2Si.K/c1-4-5-6-10-7-14(11(12)13)9(3)8(10)2;/h7,14H,4-6H2,1-3H3,(H,12,13);/q;+1/p-1. The summed E-state index contributed by atoms with van der Waals surface area (Å²) in [4.78, 5) is 10.8. The Bertz CT molecular complexity index is 308. The van der Waals surface area contributed by atoms with Gasteiger partial charge in [0.15, 0.2) is 0 Å². The van der Waals surface area contributed by atoms with Gasteiger partial charge in [-0.05, 0) is 26.7 Å². The molecule has 0 amide bonds. The van der Waals surface area contributed by atoms with Gasteiger partial charge < -0.3 is 9.90 Å². The molecule has 0 aromatic rings. The van der Waals surface area contributed by atoms with Gasteiger partial charge in [-0.25, -0.2) is 0 Å². The van der Waals surface area contributed by atoms with Crippen LogP contribution in [0.15, 0.2) is 22.0 Å². The van der Waals surface area contributed by atoms with Crippen molar-refractivity contribution in [1.82, 2.24) is 0 Å². The zero-order valence-electron chi connectivity index (χ0n) is 10.1. The smallest absolute Gasteiger partial charge is 0.555 e. The normalized spacial score (nSPS) is 19.9. The second kappa shape index (κ2) is 7.19. The van der Waals surface area contributed by atoms with E-state index in [0.29, 0.717) is 0 Å². The molecule has 0 radical (unpaired) electrons. The Morgan fingerprint density at radius 3 is 2.47 bits per heavy atom. The van der Waals surface area contributed by atoms with E-state index in [4.69, 9.17) is 0 Å². The third-order valence-electron chi connectivity index (χ3n) is 2.96. The molecule has 0 aliphatic carbocycles. The Balaban J connectivity index is 0.00000196. The fourth-order valence-corrected chi connectivity index (χ4v) is 4.03. The number of unbranched alkanes of at least 4 members (excludes halogenated alkanes) is 1. The van der Waals surface area contributed by atoms with Crippen LogP contribution in [0.5, 0.6) is 0 Å². The van der Waals surface area contributed by atoms with Gasteiger partial charge in [-0.15, -0.1) is 0 Å². The minimum absolute atomic E-state index is 0. The van der Waals surface area contributed by atoms with E-state index in [9.17, 15) is 9.90 Å². The maximum atomic E-state index is 10.8. The van der Waals surface area contributed by atoms with Crippen LogP contribution in [0.4, 0.5) is 4.79 Å². The van der Waals surface area contributed by atoms with Gasteiger partial charge in [-0.2, -0.15) is 0 Å². The zero-order chi connectivity index (χ0) is 10.7. The molecule has 1 aliphatic heterocycles. The second-order valence-corrected chi connectivity index (χ2v) is 6.53. The monoisotopic (exact) mass is 248 g/mol. The van der Waals surface area contributed by atoms with Crippen LogP contribution in [0.3, 0.4) is 0 Å². The van der Waals surface area contributed by atoms with E-state index in [1.165, 1.54) is 11.1 Å². The first kappa shape index (κ1) is 15.8. The topological polar surface area (TPSA) is 40.1 Å². The molecular weight excluding hydrogens is 231 g/mol. The van der Waals surface area contributed by atoms with E-state index in [1.807, 2.05) is 19.5 Å². The van der Waals surface area contributed by atoms with Crippen LogP contribution in [0, 0.1) is 0 Å². The Hall–Kier alpha value is 0.803. The van der Waals surface area contributed by atoms with E-state index in [1.54, 1.807) is 0 Å². The second-order valence-electron chi connectivity index (χ2n) is 3.90. The summed E-state index contributed by atoms with van der Waals surface area (Å²) in [5.41, 5.74) is 3.60. The van der Waals surface area contributed by atoms with Gasteiger partial charge in [-0.3, -0.25) is 0 Å². The Labute approximate surface area is 136 Å². The molecule has 0 fully saturated rings. The molecule has 15 heavy (non-hydrogen) atoms. The molecule has 0 saturated carbocycles. The van der Waals surface area contributed by atoms with E-state index >= 15 is 0 Å². The summed E-state index contributed by atoms with van der Waals surface area (Å²) in [6.45, 7) is 6.12. The quantitative estimate of drug-likeness (QED) is 0.580. The van der Waals surface area contributed by atoms with Crippen molar-refractivity contribution < 1.29 is 61.3 Å². The van der Waals surface area contributed by atoms with E-state index in [-0.39, 0.29) is 51.4 Å². The Morgan fingerprint density at radius 2 is 2.07 bits per heavy atom. The molecule has 1 atom stereocenters. The zero-order valence-corrected chi connectivity index (χ0v) is 14.4. The van der Waals surface area contributed by atoms with Crippen LogP contribution < -0.4 is 56.5 Å². The molecule has 0 aromatic carbocycles. The molecule has 1 aliphatic rings. The summed E-state index contributed by atoms with van der Waals surface area (Å²) in [5, 5.41) is 11.9. The van der Waals surface area contributed by atoms with Crippen molar-refractivity contribution in [3.05, 3.63) is 22.0 Å². The number of hydrogen-bond acceptors (Lipinski definition) is 2. The van der Waals surface area contributed by atoms with Crippen LogP contribution in [-0.4, -0.2) is 14.4 Å². The number of carboxylic acid groups (broad SMARTS) is 1.